The van der Waals surface area contributed by atoms with Crippen molar-refractivity contribution in [1.29, 1.82) is 0 Å². The first-order valence-corrected chi connectivity index (χ1v) is 7.43. The van der Waals surface area contributed by atoms with E-state index in [0.717, 1.165) is 18.9 Å². The van der Waals surface area contributed by atoms with Crippen molar-refractivity contribution in [3.63, 3.8) is 0 Å². The SMILES string of the molecule is CN=C(NCCc1cc(C)cc(C)c1)NCC(C)(C)OC.I. The van der Waals surface area contributed by atoms with E-state index in [-0.39, 0.29) is 29.6 Å². The van der Waals surface area contributed by atoms with Crippen LogP contribution in [0.15, 0.2) is 23.2 Å². The summed E-state index contributed by atoms with van der Waals surface area (Å²) < 4.78 is 5.39. The Labute approximate surface area is 152 Å². The molecule has 0 saturated carbocycles. The normalized spacial score (nSPS) is 11.8. The predicted molar refractivity (Wildman–Crippen MR) is 105 cm³/mol. The van der Waals surface area contributed by atoms with E-state index in [1.54, 1.807) is 14.2 Å². The highest BCUT2D eigenvalue weighted by Gasteiger charge is 2.16. The van der Waals surface area contributed by atoms with Gasteiger partial charge in [-0.05, 0) is 39.7 Å². The van der Waals surface area contributed by atoms with Crippen LogP contribution >= 0.6 is 24.0 Å². The second-order valence-corrected chi connectivity index (χ2v) is 6.06. The van der Waals surface area contributed by atoms with Crippen LogP contribution in [-0.2, 0) is 11.2 Å². The molecule has 4 nitrogen and oxygen atoms in total. The second-order valence-electron chi connectivity index (χ2n) is 6.06. The maximum Gasteiger partial charge on any atom is 0.191 e. The molecule has 0 fully saturated rings. The fraction of sp³-hybridized carbons (Fsp3) is 0.588. The van der Waals surface area contributed by atoms with Crippen molar-refractivity contribution in [2.75, 3.05) is 27.2 Å². The molecule has 1 aromatic rings. The zero-order chi connectivity index (χ0) is 15.9. The van der Waals surface area contributed by atoms with E-state index >= 15 is 0 Å². The number of hydrogen-bond donors (Lipinski definition) is 2. The monoisotopic (exact) mass is 419 g/mol. The molecule has 0 unspecified atom stereocenters. The van der Waals surface area contributed by atoms with Crippen LogP contribution < -0.4 is 10.6 Å². The molecule has 1 aromatic carbocycles. The van der Waals surface area contributed by atoms with Gasteiger partial charge in [-0.2, -0.15) is 0 Å². The molecule has 0 aliphatic rings. The van der Waals surface area contributed by atoms with Gasteiger partial charge in [0.2, 0.25) is 0 Å². The van der Waals surface area contributed by atoms with Crippen molar-refractivity contribution >= 4 is 29.9 Å². The largest absolute Gasteiger partial charge is 0.377 e. The number of hydrogen-bond acceptors (Lipinski definition) is 2. The molecule has 1 rings (SSSR count). The molecular weight excluding hydrogens is 389 g/mol. The van der Waals surface area contributed by atoms with E-state index in [1.165, 1.54) is 16.7 Å². The highest BCUT2D eigenvalue weighted by Crippen LogP contribution is 2.09. The van der Waals surface area contributed by atoms with Gasteiger partial charge in [0, 0.05) is 27.2 Å². The Morgan fingerprint density at radius 1 is 1.14 bits per heavy atom. The number of ether oxygens (including phenoxy) is 1. The van der Waals surface area contributed by atoms with Gasteiger partial charge >= 0.3 is 0 Å². The first-order valence-electron chi connectivity index (χ1n) is 7.43. The quantitative estimate of drug-likeness (QED) is 0.423. The van der Waals surface area contributed by atoms with Crippen molar-refractivity contribution in [2.24, 2.45) is 4.99 Å². The summed E-state index contributed by atoms with van der Waals surface area (Å²) in [6.07, 6.45) is 0.983. The Balaban J connectivity index is 0.00000441. The molecule has 0 heterocycles. The van der Waals surface area contributed by atoms with Gasteiger partial charge in [-0.25, -0.2) is 0 Å². The maximum atomic E-state index is 5.39. The third kappa shape index (κ3) is 7.98. The van der Waals surface area contributed by atoms with Gasteiger partial charge in [-0.15, -0.1) is 24.0 Å². The number of aryl methyl sites for hydroxylation is 2. The van der Waals surface area contributed by atoms with Crippen LogP contribution in [0.2, 0.25) is 0 Å². The van der Waals surface area contributed by atoms with E-state index in [9.17, 15) is 0 Å². The summed E-state index contributed by atoms with van der Waals surface area (Å²) in [5.41, 5.74) is 3.78. The fourth-order valence-corrected chi connectivity index (χ4v) is 2.13. The average molecular weight is 419 g/mol. The lowest BCUT2D eigenvalue weighted by Gasteiger charge is -2.24. The van der Waals surface area contributed by atoms with Crippen molar-refractivity contribution in [1.82, 2.24) is 10.6 Å². The molecule has 0 aliphatic heterocycles. The lowest BCUT2D eigenvalue weighted by atomic mass is 10.1. The molecular formula is C17H30IN3O. The number of nitrogens with one attached hydrogen (secondary N) is 2. The number of rotatable bonds is 6. The van der Waals surface area contributed by atoms with Crippen LogP contribution in [0.1, 0.15) is 30.5 Å². The molecule has 2 N–H and O–H groups in total. The molecule has 0 amide bonds. The highest BCUT2D eigenvalue weighted by atomic mass is 127. The number of halogens is 1. The van der Waals surface area contributed by atoms with Crippen molar-refractivity contribution in [3.8, 4) is 0 Å². The van der Waals surface area contributed by atoms with Crippen LogP contribution in [0.5, 0.6) is 0 Å². The lowest BCUT2D eigenvalue weighted by Crippen LogP contribution is -2.45. The molecule has 22 heavy (non-hydrogen) atoms. The van der Waals surface area contributed by atoms with E-state index in [4.69, 9.17) is 4.74 Å². The Hall–Kier alpha value is -0.820. The minimum atomic E-state index is -0.203. The molecule has 0 aromatic heterocycles. The summed E-state index contributed by atoms with van der Waals surface area (Å²) in [6, 6.07) is 6.67. The summed E-state index contributed by atoms with van der Waals surface area (Å²) in [5.74, 6) is 0.810. The van der Waals surface area contributed by atoms with Gasteiger partial charge in [0.15, 0.2) is 5.96 Å². The van der Waals surface area contributed by atoms with Crippen molar-refractivity contribution < 1.29 is 4.74 Å². The standard InChI is InChI=1S/C17H29N3O.HI/c1-13-9-14(2)11-15(10-13)7-8-19-16(18-5)20-12-17(3,4)21-6;/h9-11H,7-8,12H2,1-6H3,(H2,18,19,20);1H. The van der Waals surface area contributed by atoms with Crippen LogP contribution in [0, 0.1) is 13.8 Å². The van der Waals surface area contributed by atoms with Crippen molar-refractivity contribution in [3.05, 3.63) is 34.9 Å². The Bertz CT molecular complexity index is 467. The fourth-order valence-electron chi connectivity index (χ4n) is 2.13. The molecule has 5 heteroatoms. The highest BCUT2D eigenvalue weighted by molar-refractivity contribution is 14.0. The zero-order valence-corrected chi connectivity index (χ0v) is 16.9. The molecule has 0 aliphatic carbocycles. The molecule has 0 radical (unpaired) electrons. The lowest BCUT2D eigenvalue weighted by molar-refractivity contribution is 0.0268. The van der Waals surface area contributed by atoms with Crippen molar-refractivity contribution in [2.45, 2.75) is 39.7 Å². The van der Waals surface area contributed by atoms with E-state index < -0.39 is 0 Å². The molecule has 126 valence electrons. The number of benzene rings is 1. The Morgan fingerprint density at radius 3 is 2.23 bits per heavy atom. The minimum absolute atomic E-state index is 0. The Kier molecular flexibility index (Phi) is 9.67. The van der Waals surface area contributed by atoms with Gasteiger partial charge < -0.3 is 15.4 Å². The van der Waals surface area contributed by atoms with E-state index in [1.807, 2.05) is 13.8 Å². The van der Waals surface area contributed by atoms with E-state index in [2.05, 4.69) is 47.7 Å². The maximum absolute atomic E-state index is 5.39. The number of guanidine groups is 1. The summed E-state index contributed by atoms with van der Waals surface area (Å²) >= 11 is 0. The van der Waals surface area contributed by atoms with Gasteiger partial charge in [0.1, 0.15) is 0 Å². The third-order valence-electron chi connectivity index (χ3n) is 3.45. The number of aliphatic imine (C=N–C) groups is 1. The van der Waals surface area contributed by atoms with E-state index in [0.29, 0.717) is 6.54 Å². The van der Waals surface area contributed by atoms with Gasteiger partial charge in [0.25, 0.3) is 0 Å². The van der Waals surface area contributed by atoms with Crippen LogP contribution in [0.25, 0.3) is 0 Å². The van der Waals surface area contributed by atoms with Gasteiger partial charge in [-0.1, -0.05) is 29.3 Å². The third-order valence-corrected chi connectivity index (χ3v) is 3.45. The van der Waals surface area contributed by atoms with Crippen LogP contribution in [0.3, 0.4) is 0 Å². The summed E-state index contributed by atoms with van der Waals surface area (Å²) in [4.78, 5) is 4.23. The first kappa shape index (κ1) is 21.2. The average Bonchev–Trinajstić information content (AvgIpc) is 2.41. The topological polar surface area (TPSA) is 45.7 Å². The predicted octanol–water partition coefficient (Wildman–Crippen LogP) is 3.05. The zero-order valence-electron chi connectivity index (χ0n) is 14.6. The minimum Gasteiger partial charge on any atom is -0.377 e. The van der Waals surface area contributed by atoms with Gasteiger partial charge in [-0.3, -0.25) is 4.99 Å². The number of methoxy groups -OCH3 is 1. The summed E-state index contributed by atoms with van der Waals surface area (Å²) in [5, 5.41) is 6.62. The Morgan fingerprint density at radius 2 is 1.73 bits per heavy atom. The van der Waals surface area contributed by atoms with Gasteiger partial charge in [0.05, 0.1) is 5.60 Å². The molecule has 0 atom stereocenters. The first-order chi connectivity index (χ1) is 9.86. The molecule has 0 bridgehead atoms. The number of nitrogens with zero attached hydrogens (tertiary/aromatic N) is 1. The van der Waals surface area contributed by atoms with Crippen LogP contribution in [-0.4, -0.2) is 38.8 Å². The smallest absolute Gasteiger partial charge is 0.191 e. The summed E-state index contributed by atoms with van der Waals surface area (Å²) in [6.45, 7) is 9.93. The second kappa shape index (κ2) is 10.0. The molecule has 0 saturated heterocycles. The molecule has 0 spiro atoms. The summed E-state index contributed by atoms with van der Waals surface area (Å²) in [7, 11) is 3.50. The van der Waals surface area contributed by atoms with Crippen LogP contribution in [0.4, 0.5) is 0 Å².